The van der Waals surface area contributed by atoms with Gasteiger partial charge in [0.2, 0.25) is 0 Å². The van der Waals surface area contributed by atoms with Gasteiger partial charge in [0.05, 0.1) is 12.0 Å². The van der Waals surface area contributed by atoms with E-state index < -0.39 is 5.97 Å². The number of ether oxygens (including phenoxy) is 1. The summed E-state index contributed by atoms with van der Waals surface area (Å²) in [5.41, 5.74) is 2.35. The Balaban J connectivity index is 0.00000131. The number of allylic oxidation sites excluding steroid dienone is 4. The maximum absolute atomic E-state index is 11.8. The number of phenolic OH excluding ortho intramolecular Hbond substituents is 1. The Kier molecular flexibility index (Phi) is 7.14. The fourth-order valence-corrected chi connectivity index (χ4v) is 3.38. The Morgan fingerprint density at radius 1 is 1.04 bits per heavy atom. The molecule has 128 valence electrons. The van der Waals surface area contributed by atoms with Crippen LogP contribution in [0.5, 0.6) is 11.5 Å². The van der Waals surface area contributed by atoms with Crippen molar-refractivity contribution in [1.29, 1.82) is 0 Å². The first-order valence-electron chi connectivity index (χ1n) is 7.81. The first-order valence-corrected chi connectivity index (χ1v) is 7.81. The summed E-state index contributed by atoms with van der Waals surface area (Å²) in [5.74, 6) is -0.488. The number of aromatic carboxylic acids is 1. The molecular weight excluding hydrogens is 366 g/mol. The van der Waals surface area contributed by atoms with Gasteiger partial charge in [0, 0.05) is 23.1 Å². The molecule has 0 spiro atoms. The van der Waals surface area contributed by atoms with Crippen LogP contribution >= 0.6 is 0 Å². The van der Waals surface area contributed by atoms with Gasteiger partial charge in [-0.2, -0.15) is 0 Å². The number of fused-ring (bicyclic) bond motifs is 1. The summed E-state index contributed by atoms with van der Waals surface area (Å²) in [4.78, 5) is 23.5. The molecule has 1 atom stereocenters. The molecule has 7 heteroatoms. The fourth-order valence-electron chi connectivity index (χ4n) is 3.38. The first-order chi connectivity index (χ1) is 12.0. The van der Waals surface area contributed by atoms with E-state index in [9.17, 15) is 19.8 Å². The second kappa shape index (κ2) is 8.78. The Labute approximate surface area is 200 Å². The van der Waals surface area contributed by atoms with E-state index in [4.69, 9.17) is 4.74 Å². The van der Waals surface area contributed by atoms with Crippen molar-refractivity contribution in [3.8, 4) is 11.5 Å². The number of carboxylic acids is 1. The minimum atomic E-state index is -1.01. The first kappa shape index (κ1) is 22.0. The molecule has 5 nitrogen and oxygen atoms in total. The van der Waals surface area contributed by atoms with Gasteiger partial charge < -0.3 is 14.9 Å². The monoisotopic (exact) mass is 382 g/mol. The number of carbonyl (C=O) groups is 2. The number of ketones is 1. The van der Waals surface area contributed by atoms with Crippen LogP contribution in [-0.4, -0.2) is 81.1 Å². The van der Waals surface area contributed by atoms with Gasteiger partial charge >= 0.3 is 65.1 Å². The number of hydrogen-bond donors (Lipinski definition) is 2. The van der Waals surface area contributed by atoms with Gasteiger partial charge in [-0.15, -0.1) is 0 Å². The summed E-state index contributed by atoms with van der Waals surface area (Å²) in [7, 11) is 0. The van der Waals surface area contributed by atoms with E-state index in [0.717, 1.165) is 11.1 Å². The Hall–Kier alpha value is -1.34. The zero-order chi connectivity index (χ0) is 17.6. The zero-order valence-corrected chi connectivity index (χ0v) is 13.1. The van der Waals surface area contributed by atoms with Crippen LogP contribution in [-0.2, 0) is 4.79 Å². The van der Waals surface area contributed by atoms with Gasteiger partial charge in [0.15, 0.2) is 5.78 Å². The van der Waals surface area contributed by atoms with Gasteiger partial charge in [-0.1, -0.05) is 30.3 Å². The van der Waals surface area contributed by atoms with E-state index in [0.29, 0.717) is 17.1 Å². The van der Waals surface area contributed by atoms with E-state index in [1.807, 2.05) is 0 Å². The van der Waals surface area contributed by atoms with Crippen molar-refractivity contribution in [1.82, 2.24) is 0 Å². The molecule has 2 aromatic carbocycles. The molecule has 4 rings (SSSR count). The molecule has 1 aliphatic carbocycles. The van der Waals surface area contributed by atoms with Crippen LogP contribution in [0.1, 0.15) is 33.8 Å². The van der Waals surface area contributed by atoms with Crippen LogP contribution in [0, 0.1) is 0 Å². The summed E-state index contributed by atoms with van der Waals surface area (Å²) in [6.45, 7) is 0. The van der Waals surface area contributed by atoms with E-state index >= 15 is 0 Å². The molecule has 1 unspecified atom stereocenters. The van der Waals surface area contributed by atoms with Crippen molar-refractivity contribution in [2.24, 2.45) is 0 Å². The number of benzene rings is 2. The van der Waals surface area contributed by atoms with E-state index in [2.05, 4.69) is 0 Å². The van der Waals surface area contributed by atoms with Crippen LogP contribution in [0.3, 0.4) is 0 Å². The second-order valence-corrected chi connectivity index (χ2v) is 6.00. The number of rotatable bonds is 2. The number of hydrogen-bond acceptors (Lipinski definition) is 4. The molecule has 0 fully saturated rings. The number of carboxylic acid groups (broad SMARTS) is 1. The van der Waals surface area contributed by atoms with Crippen molar-refractivity contribution >= 4 is 70.9 Å². The van der Waals surface area contributed by atoms with Crippen LogP contribution < -0.4 is 4.74 Å². The van der Waals surface area contributed by atoms with Crippen LogP contribution in [0.2, 0.25) is 0 Å². The summed E-state index contributed by atoms with van der Waals surface area (Å²) >= 11 is 0. The van der Waals surface area contributed by atoms with Gasteiger partial charge in [-0.05, 0) is 23.8 Å². The molecule has 2 N–H and O–H groups in total. The predicted octanol–water partition coefficient (Wildman–Crippen LogP) is 2.10. The SMILES string of the molecule is O=C1C=CC2=C(C1)Oc1cc(O)ccc1C2c1ccccc1C(=O)O.[NaH].[NaH]. The molecule has 0 aromatic heterocycles. The summed E-state index contributed by atoms with van der Waals surface area (Å²) in [6.07, 6.45) is 3.30. The Bertz CT molecular complexity index is 978. The maximum atomic E-state index is 11.8. The molecule has 0 radical (unpaired) electrons. The molecule has 2 aromatic rings. The number of aromatic hydroxyl groups is 1. The van der Waals surface area contributed by atoms with E-state index in [-0.39, 0.29) is 88.5 Å². The Morgan fingerprint density at radius 2 is 1.78 bits per heavy atom. The van der Waals surface area contributed by atoms with Crippen LogP contribution in [0.25, 0.3) is 0 Å². The average molecular weight is 382 g/mol. The van der Waals surface area contributed by atoms with Crippen molar-refractivity contribution in [2.75, 3.05) is 0 Å². The topological polar surface area (TPSA) is 83.8 Å². The molecule has 0 amide bonds. The Morgan fingerprint density at radius 3 is 2.52 bits per heavy atom. The third kappa shape index (κ3) is 4.09. The molecule has 0 saturated heterocycles. The van der Waals surface area contributed by atoms with Gasteiger partial charge in [0.25, 0.3) is 0 Å². The van der Waals surface area contributed by atoms with Gasteiger partial charge in [-0.3, -0.25) is 4.79 Å². The number of carbonyl (C=O) groups excluding carboxylic acids is 1. The summed E-state index contributed by atoms with van der Waals surface area (Å²) in [5, 5.41) is 19.3. The predicted molar refractivity (Wildman–Crippen MR) is 104 cm³/mol. The molecule has 0 bridgehead atoms. The van der Waals surface area contributed by atoms with Crippen molar-refractivity contribution in [3.63, 3.8) is 0 Å². The molecule has 1 heterocycles. The molecular formula is C20H16Na2O5. The fraction of sp³-hybridized carbons (Fsp3) is 0.100. The molecule has 27 heavy (non-hydrogen) atoms. The third-order valence-corrected chi connectivity index (χ3v) is 4.46. The molecule has 1 aliphatic heterocycles. The van der Waals surface area contributed by atoms with Crippen molar-refractivity contribution in [2.45, 2.75) is 12.3 Å². The quantitative estimate of drug-likeness (QED) is 0.778. The third-order valence-electron chi connectivity index (χ3n) is 4.46. The summed E-state index contributed by atoms with van der Waals surface area (Å²) in [6, 6.07) is 11.5. The van der Waals surface area contributed by atoms with Crippen molar-refractivity contribution < 1.29 is 24.5 Å². The second-order valence-electron chi connectivity index (χ2n) is 6.00. The molecule has 0 saturated carbocycles. The van der Waals surface area contributed by atoms with E-state index in [1.54, 1.807) is 42.5 Å². The van der Waals surface area contributed by atoms with Crippen LogP contribution in [0.4, 0.5) is 0 Å². The standard InChI is InChI=1S/C20H14O5.2Na.2H/c21-11-5-7-15-17(9-11)25-18-10-12(22)6-8-16(18)19(15)13-3-1-2-4-14(13)20(23)24;;;;/h1-9,19,21H,10H2,(H,23,24);;;;. The zero-order valence-electron chi connectivity index (χ0n) is 13.1. The normalized spacial score (nSPS) is 17.0. The minimum absolute atomic E-state index is 0. The molecule has 2 aliphatic rings. The average Bonchev–Trinajstić information content (AvgIpc) is 2.59. The van der Waals surface area contributed by atoms with E-state index in [1.165, 1.54) is 12.1 Å². The van der Waals surface area contributed by atoms with Gasteiger partial charge in [0.1, 0.15) is 17.3 Å². The summed E-state index contributed by atoms with van der Waals surface area (Å²) < 4.78 is 5.84. The van der Waals surface area contributed by atoms with Crippen molar-refractivity contribution in [3.05, 3.63) is 82.6 Å². The van der Waals surface area contributed by atoms with Gasteiger partial charge in [-0.25, -0.2) is 4.79 Å². The number of phenols is 1. The van der Waals surface area contributed by atoms with Crippen LogP contribution in [0.15, 0.2) is 65.9 Å².